The van der Waals surface area contributed by atoms with Crippen molar-refractivity contribution in [2.24, 2.45) is 0 Å². The number of likely N-dealkylation sites (tertiary alicyclic amines) is 1. The summed E-state index contributed by atoms with van der Waals surface area (Å²) in [6.45, 7) is 0.925. The Kier molecular flexibility index (Phi) is 6.29. The van der Waals surface area contributed by atoms with Crippen LogP contribution in [0.5, 0.6) is 0 Å². The van der Waals surface area contributed by atoms with Gasteiger partial charge in [0.2, 0.25) is 5.91 Å². The first-order valence-electron chi connectivity index (χ1n) is 9.33. The van der Waals surface area contributed by atoms with Gasteiger partial charge in [0.1, 0.15) is 0 Å². The molecule has 1 aromatic carbocycles. The molecule has 1 atom stereocenters. The van der Waals surface area contributed by atoms with Crippen LogP contribution in [0.3, 0.4) is 0 Å². The van der Waals surface area contributed by atoms with Gasteiger partial charge in [-0.1, -0.05) is 35.0 Å². The van der Waals surface area contributed by atoms with Crippen molar-refractivity contribution in [3.8, 4) is 10.6 Å². The second kappa shape index (κ2) is 8.92. The van der Waals surface area contributed by atoms with Crippen molar-refractivity contribution in [1.29, 1.82) is 0 Å². The van der Waals surface area contributed by atoms with Crippen LogP contribution in [0.2, 0.25) is 5.02 Å². The quantitative estimate of drug-likeness (QED) is 0.576. The predicted molar refractivity (Wildman–Crippen MR) is 117 cm³/mol. The Hall–Kier alpha value is -1.80. The van der Waals surface area contributed by atoms with Crippen molar-refractivity contribution in [1.82, 2.24) is 10.1 Å². The van der Waals surface area contributed by atoms with E-state index < -0.39 is 5.60 Å². The van der Waals surface area contributed by atoms with E-state index in [1.54, 1.807) is 16.2 Å². The average Bonchev–Trinajstić information content (AvgIpc) is 3.42. The number of halogens is 1. The number of aliphatic hydroxyl groups is 1. The number of carbonyl (C=O) groups excluding carboxylic acids is 1. The van der Waals surface area contributed by atoms with Crippen LogP contribution in [-0.4, -0.2) is 45.5 Å². The molecule has 5 nitrogen and oxygen atoms in total. The number of aromatic nitrogens is 1. The molecule has 4 rings (SSSR count). The molecular weight excluding hydrogens is 428 g/mol. The maximum atomic E-state index is 12.6. The molecule has 3 heterocycles. The van der Waals surface area contributed by atoms with E-state index in [0.717, 1.165) is 21.9 Å². The molecule has 1 unspecified atom stereocenters. The standard InChI is InChI=1S/C21H21ClN2O3S2/c22-16-4-1-3-15(9-16)11-21(26)6-7-24(14-21)20(25)13-28-12-17-10-18(27-23-17)19-5-2-8-29-19/h1-5,8-10,26H,6-7,11-14H2. The largest absolute Gasteiger partial charge is 0.388 e. The molecule has 0 saturated carbocycles. The van der Waals surface area contributed by atoms with Gasteiger partial charge in [0.05, 0.1) is 21.9 Å². The number of nitrogens with zero attached hydrogens (tertiary/aromatic N) is 2. The summed E-state index contributed by atoms with van der Waals surface area (Å²) >= 11 is 9.14. The topological polar surface area (TPSA) is 66.6 Å². The van der Waals surface area contributed by atoms with Crippen LogP contribution in [0.25, 0.3) is 10.6 Å². The number of thioether (sulfide) groups is 1. The fourth-order valence-electron chi connectivity index (χ4n) is 3.49. The third kappa shape index (κ3) is 5.22. The van der Waals surface area contributed by atoms with Crippen LogP contribution in [0.15, 0.2) is 52.4 Å². The van der Waals surface area contributed by atoms with E-state index in [-0.39, 0.29) is 5.91 Å². The van der Waals surface area contributed by atoms with Crippen LogP contribution >= 0.6 is 34.7 Å². The molecule has 0 spiro atoms. The summed E-state index contributed by atoms with van der Waals surface area (Å²) in [7, 11) is 0. The minimum Gasteiger partial charge on any atom is -0.388 e. The van der Waals surface area contributed by atoms with Gasteiger partial charge in [0.25, 0.3) is 0 Å². The first-order chi connectivity index (χ1) is 14.0. The van der Waals surface area contributed by atoms with E-state index in [4.69, 9.17) is 16.1 Å². The monoisotopic (exact) mass is 448 g/mol. The Morgan fingerprint density at radius 3 is 3.03 bits per heavy atom. The van der Waals surface area contributed by atoms with E-state index in [9.17, 15) is 9.90 Å². The van der Waals surface area contributed by atoms with Gasteiger partial charge in [0.15, 0.2) is 5.76 Å². The van der Waals surface area contributed by atoms with Crippen molar-refractivity contribution in [2.45, 2.75) is 24.2 Å². The first-order valence-corrected chi connectivity index (χ1v) is 11.7. The van der Waals surface area contributed by atoms with Gasteiger partial charge in [-0.15, -0.1) is 23.1 Å². The van der Waals surface area contributed by atoms with E-state index in [0.29, 0.717) is 42.5 Å². The predicted octanol–water partition coefficient (Wildman–Crippen LogP) is 4.50. The molecule has 0 bridgehead atoms. The first kappa shape index (κ1) is 20.5. The average molecular weight is 449 g/mol. The van der Waals surface area contributed by atoms with Gasteiger partial charge in [-0.25, -0.2) is 0 Å². The smallest absolute Gasteiger partial charge is 0.232 e. The number of carbonyl (C=O) groups is 1. The minimum absolute atomic E-state index is 0.0407. The zero-order chi connectivity index (χ0) is 20.3. The highest BCUT2D eigenvalue weighted by Gasteiger charge is 2.38. The summed E-state index contributed by atoms with van der Waals surface area (Å²) in [4.78, 5) is 15.3. The number of β-amino-alcohol motifs (C(OH)–C–C–N with tert-alkyl or cyclic N) is 1. The molecule has 0 aliphatic carbocycles. The molecule has 2 aromatic heterocycles. The molecule has 8 heteroatoms. The van der Waals surface area contributed by atoms with Crippen LogP contribution in [0.4, 0.5) is 0 Å². The number of rotatable bonds is 7. The lowest BCUT2D eigenvalue weighted by molar-refractivity contribution is -0.128. The Labute approximate surface area is 182 Å². The van der Waals surface area contributed by atoms with Gasteiger partial charge >= 0.3 is 0 Å². The van der Waals surface area contributed by atoms with Crippen molar-refractivity contribution in [2.75, 3.05) is 18.8 Å². The highest BCUT2D eigenvalue weighted by Crippen LogP contribution is 2.28. The summed E-state index contributed by atoms with van der Waals surface area (Å²) in [6, 6.07) is 13.4. The number of benzene rings is 1. The molecule has 1 aliphatic heterocycles. The number of amides is 1. The molecule has 1 N–H and O–H groups in total. The van der Waals surface area contributed by atoms with Crippen LogP contribution in [-0.2, 0) is 17.0 Å². The normalized spacial score (nSPS) is 19.0. The third-order valence-electron chi connectivity index (χ3n) is 4.91. The zero-order valence-electron chi connectivity index (χ0n) is 15.7. The molecule has 29 heavy (non-hydrogen) atoms. The lowest BCUT2D eigenvalue weighted by Crippen LogP contribution is -2.38. The van der Waals surface area contributed by atoms with Gasteiger partial charge in [-0.2, -0.15) is 0 Å². The second-order valence-corrected chi connectivity index (χ2v) is 9.62. The summed E-state index contributed by atoms with van der Waals surface area (Å²) < 4.78 is 5.37. The Balaban J connectivity index is 1.25. The van der Waals surface area contributed by atoms with Gasteiger partial charge in [-0.3, -0.25) is 4.79 Å². The summed E-state index contributed by atoms with van der Waals surface area (Å²) in [5, 5.41) is 17.6. The summed E-state index contributed by atoms with van der Waals surface area (Å²) in [5.74, 6) is 1.77. The molecular formula is C21H21ClN2O3S2. The Morgan fingerprint density at radius 1 is 1.34 bits per heavy atom. The number of hydrogen-bond acceptors (Lipinski definition) is 6. The highest BCUT2D eigenvalue weighted by atomic mass is 35.5. The van der Waals surface area contributed by atoms with Crippen molar-refractivity contribution in [3.05, 3.63) is 64.1 Å². The van der Waals surface area contributed by atoms with E-state index in [2.05, 4.69) is 5.16 Å². The maximum absolute atomic E-state index is 12.6. The van der Waals surface area contributed by atoms with Gasteiger partial charge in [0, 0.05) is 36.4 Å². The molecule has 1 aliphatic rings. The number of hydrogen-bond donors (Lipinski definition) is 1. The van der Waals surface area contributed by atoms with Crippen LogP contribution in [0.1, 0.15) is 17.7 Å². The fraction of sp³-hybridized carbons (Fsp3) is 0.333. The molecule has 3 aromatic rings. The fourth-order valence-corrected chi connectivity index (χ4v) is 5.18. The molecule has 1 fully saturated rings. The Bertz CT molecular complexity index is 976. The highest BCUT2D eigenvalue weighted by molar-refractivity contribution is 7.99. The van der Waals surface area contributed by atoms with Crippen molar-refractivity contribution >= 4 is 40.6 Å². The maximum Gasteiger partial charge on any atom is 0.232 e. The van der Waals surface area contributed by atoms with Crippen LogP contribution < -0.4 is 0 Å². The third-order valence-corrected chi connectivity index (χ3v) is 6.98. The molecule has 0 radical (unpaired) electrons. The van der Waals surface area contributed by atoms with Crippen molar-refractivity contribution < 1.29 is 14.4 Å². The molecule has 152 valence electrons. The summed E-state index contributed by atoms with van der Waals surface area (Å²) in [5.41, 5.74) is 0.911. The molecule has 1 saturated heterocycles. The second-order valence-electron chi connectivity index (χ2n) is 7.25. The van der Waals surface area contributed by atoms with E-state index in [1.807, 2.05) is 47.8 Å². The summed E-state index contributed by atoms with van der Waals surface area (Å²) in [6.07, 6.45) is 1.07. The minimum atomic E-state index is -0.896. The van der Waals surface area contributed by atoms with Crippen LogP contribution in [0, 0.1) is 0 Å². The SMILES string of the molecule is O=C(CSCc1cc(-c2cccs2)on1)N1CCC(O)(Cc2cccc(Cl)c2)C1. The molecule has 1 amide bonds. The lowest BCUT2D eigenvalue weighted by Gasteiger charge is -2.23. The van der Waals surface area contributed by atoms with E-state index in [1.165, 1.54) is 11.8 Å². The van der Waals surface area contributed by atoms with Gasteiger partial charge in [-0.05, 0) is 35.6 Å². The Morgan fingerprint density at radius 2 is 2.24 bits per heavy atom. The van der Waals surface area contributed by atoms with Crippen molar-refractivity contribution in [3.63, 3.8) is 0 Å². The lowest BCUT2D eigenvalue weighted by atomic mass is 9.94. The number of thiophene rings is 1. The van der Waals surface area contributed by atoms with E-state index >= 15 is 0 Å². The van der Waals surface area contributed by atoms with Gasteiger partial charge < -0.3 is 14.5 Å². The zero-order valence-corrected chi connectivity index (χ0v) is 18.1.